The average Bonchev–Trinajstić information content (AvgIpc) is 2.81. The predicted molar refractivity (Wildman–Crippen MR) is 72.8 cm³/mol. The molecule has 0 bridgehead atoms. The van der Waals surface area contributed by atoms with Crippen LogP contribution in [0.3, 0.4) is 0 Å². The third-order valence-corrected chi connectivity index (χ3v) is 3.43. The Balaban J connectivity index is 2.29. The molecular formula is C13H14N4S. The van der Waals surface area contributed by atoms with Crippen LogP contribution in [0.15, 0.2) is 23.4 Å². The molecule has 2 rings (SSSR count). The van der Waals surface area contributed by atoms with Gasteiger partial charge in [-0.05, 0) is 54.5 Å². The Hall–Kier alpha value is -1.80. The molecule has 92 valence electrons. The third-order valence-electron chi connectivity index (χ3n) is 2.63. The van der Waals surface area contributed by atoms with Gasteiger partial charge in [0.05, 0.1) is 11.4 Å². The topological polar surface area (TPSA) is 43.6 Å². The number of thioether (sulfide) groups is 1. The molecule has 0 spiro atoms. The molecule has 5 heteroatoms. The maximum atomic E-state index is 4.02. The van der Waals surface area contributed by atoms with Crippen molar-refractivity contribution in [3.8, 4) is 17.5 Å². The molecule has 0 atom stereocenters. The van der Waals surface area contributed by atoms with Gasteiger partial charge in [-0.1, -0.05) is 23.7 Å². The van der Waals surface area contributed by atoms with Crippen LogP contribution in [0.1, 0.15) is 18.1 Å². The quantitative estimate of drug-likeness (QED) is 0.626. The number of tetrazole rings is 1. The zero-order valence-corrected chi connectivity index (χ0v) is 11.5. The molecule has 0 fully saturated rings. The van der Waals surface area contributed by atoms with Crippen LogP contribution in [0.4, 0.5) is 0 Å². The Bertz CT molecular complexity index is 607. The first-order valence-corrected chi connectivity index (χ1v) is 6.59. The lowest BCUT2D eigenvalue weighted by molar-refractivity contribution is 0.756. The van der Waals surface area contributed by atoms with Crippen molar-refractivity contribution < 1.29 is 0 Å². The fraction of sp³-hybridized carbons (Fsp3) is 0.308. The van der Waals surface area contributed by atoms with Gasteiger partial charge >= 0.3 is 0 Å². The van der Waals surface area contributed by atoms with E-state index < -0.39 is 0 Å². The van der Waals surface area contributed by atoms with E-state index in [2.05, 4.69) is 53.3 Å². The first-order chi connectivity index (χ1) is 8.72. The highest BCUT2D eigenvalue weighted by atomic mass is 32.2. The smallest absolute Gasteiger partial charge is 0.187 e. The fourth-order valence-corrected chi connectivity index (χ4v) is 2.17. The molecule has 0 amide bonds. The van der Waals surface area contributed by atoms with Gasteiger partial charge in [0.2, 0.25) is 5.16 Å². The highest BCUT2D eigenvalue weighted by Gasteiger charge is 2.08. The molecule has 1 aromatic heterocycles. The monoisotopic (exact) mass is 258 g/mol. The maximum absolute atomic E-state index is 4.02. The zero-order valence-electron chi connectivity index (χ0n) is 10.6. The molecule has 0 unspecified atom stereocenters. The molecule has 2 aromatic rings. The van der Waals surface area contributed by atoms with E-state index in [1.807, 2.05) is 13.0 Å². The molecule has 1 heterocycles. The summed E-state index contributed by atoms with van der Waals surface area (Å²) in [5.74, 6) is 6.54. The molecule has 0 aliphatic carbocycles. The molecule has 0 aliphatic heterocycles. The number of hydrogen-bond donors (Lipinski definition) is 0. The second kappa shape index (κ2) is 5.69. The lowest BCUT2D eigenvalue weighted by atomic mass is 10.1. The summed E-state index contributed by atoms with van der Waals surface area (Å²) in [4.78, 5) is 0. The number of aromatic nitrogens is 4. The van der Waals surface area contributed by atoms with E-state index in [1.54, 1.807) is 4.68 Å². The Morgan fingerprint density at radius 1 is 1.28 bits per heavy atom. The van der Waals surface area contributed by atoms with E-state index in [0.717, 1.165) is 10.8 Å². The SMILES string of the molecule is CC#CCSc1nnnn1-c1ccc(C)c(C)c1. The van der Waals surface area contributed by atoms with Crippen LogP contribution < -0.4 is 0 Å². The summed E-state index contributed by atoms with van der Waals surface area (Å²) in [6.07, 6.45) is 0. The average molecular weight is 258 g/mol. The summed E-state index contributed by atoms with van der Waals surface area (Å²) < 4.78 is 1.74. The largest absolute Gasteiger partial charge is 0.215 e. The first kappa shape index (κ1) is 12.7. The van der Waals surface area contributed by atoms with Crippen molar-refractivity contribution in [3.63, 3.8) is 0 Å². The molecule has 0 saturated carbocycles. The van der Waals surface area contributed by atoms with Crippen molar-refractivity contribution in [1.82, 2.24) is 20.2 Å². The van der Waals surface area contributed by atoms with Gasteiger partial charge < -0.3 is 0 Å². The summed E-state index contributed by atoms with van der Waals surface area (Å²) in [6.45, 7) is 6.00. The van der Waals surface area contributed by atoms with Gasteiger partial charge in [0.1, 0.15) is 0 Å². The Kier molecular flexibility index (Phi) is 4.00. The summed E-state index contributed by atoms with van der Waals surface area (Å²) in [6, 6.07) is 6.18. The van der Waals surface area contributed by atoms with Gasteiger partial charge in [-0.3, -0.25) is 0 Å². The third kappa shape index (κ3) is 2.71. The van der Waals surface area contributed by atoms with E-state index in [1.165, 1.54) is 22.9 Å². The van der Waals surface area contributed by atoms with E-state index in [9.17, 15) is 0 Å². The van der Waals surface area contributed by atoms with Gasteiger partial charge in [0, 0.05) is 0 Å². The van der Waals surface area contributed by atoms with Crippen LogP contribution >= 0.6 is 11.8 Å². The van der Waals surface area contributed by atoms with Crippen LogP contribution in [0.2, 0.25) is 0 Å². The minimum atomic E-state index is 0.696. The van der Waals surface area contributed by atoms with E-state index in [0.29, 0.717) is 5.75 Å². The van der Waals surface area contributed by atoms with Crippen LogP contribution in [-0.4, -0.2) is 26.0 Å². The molecule has 0 saturated heterocycles. The van der Waals surface area contributed by atoms with Crippen molar-refractivity contribution in [1.29, 1.82) is 0 Å². The number of benzene rings is 1. The zero-order chi connectivity index (χ0) is 13.0. The highest BCUT2D eigenvalue weighted by Crippen LogP contribution is 2.19. The number of nitrogens with zero attached hydrogens (tertiary/aromatic N) is 4. The maximum Gasteiger partial charge on any atom is 0.215 e. The van der Waals surface area contributed by atoms with E-state index >= 15 is 0 Å². The van der Waals surface area contributed by atoms with Crippen LogP contribution in [0, 0.1) is 25.7 Å². The molecule has 1 aromatic carbocycles. The van der Waals surface area contributed by atoms with Gasteiger partial charge in [0.25, 0.3) is 0 Å². The van der Waals surface area contributed by atoms with Crippen LogP contribution in [-0.2, 0) is 0 Å². The molecule has 0 N–H and O–H groups in total. The van der Waals surface area contributed by atoms with E-state index in [-0.39, 0.29) is 0 Å². The number of hydrogen-bond acceptors (Lipinski definition) is 4. The summed E-state index contributed by atoms with van der Waals surface area (Å²) in [5.41, 5.74) is 3.47. The van der Waals surface area contributed by atoms with Gasteiger partial charge in [-0.15, -0.1) is 11.0 Å². The first-order valence-electron chi connectivity index (χ1n) is 5.61. The molecule has 0 radical (unpaired) electrons. The molecule has 0 aliphatic rings. The van der Waals surface area contributed by atoms with Crippen LogP contribution in [0.25, 0.3) is 5.69 Å². The fourth-order valence-electron chi connectivity index (χ4n) is 1.46. The Morgan fingerprint density at radius 2 is 2.11 bits per heavy atom. The van der Waals surface area contributed by atoms with Gasteiger partial charge in [-0.2, -0.15) is 4.68 Å². The van der Waals surface area contributed by atoms with Gasteiger partial charge in [0.15, 0.2) is 0 Å². The second-order valence-electron chi connectivity index (χ2n) is 3.86. The predicted octanol–water partition coefficient (Wildman–Crippen LogP) is 2.39. The normalized spacial score (nSPS) is 9.94. The minimum absolute atomic E-state index is 0.696. The van der Waals surface area contributed by atoms with E-state index in [4.69, 9.17) is 0 Å². The van der Waals surface area contributed by atoms with Crippen molar-refractivity contribution >= 4 is 11.8 Å². The van der Waals surface area contributed by atoms with Crippen molar-refractivity contribution in [2.24, 2.45) is 0 Å². The Morgan fingerprint density at radius 3 is 2.83 bits per heavy atom. The second-order valence-corrected chi connectivity index (χ2v) is 4.80. The van der Waals surface area contributed by atoms with Crippen molar-refractivity contribution in [3.05, 3.63) is 29.3 Å². The molecule has 18 heavy (non-hydrogen) atoms. The number of rotatable bonds is 3. The number of aryl methyl sites for hydroxylation is 2. The minimum Gasteiger partial charge on any atom is -0.187 e. The summed E-state index contributed by atoms with van der Waals surface area (Å²) in [5, 5.41) is 12.5. The Labute approximate surface area is 111 Å². The van der Waals surface area contributed by atoms with Crippen molar-refractivity contribution in [2.45, 2.75) is 25.9 Å². The van der Waals surface area contributed by atoms with Crippen molar-refractivity contribution in [2.75, 3.05) is 5.75 Å². The van der Waals surface area contributed by atoms with Gasteiger partial charge in [-0.25, -0.2) is 0 Å². The summed E-state index contributed by atoms with van der Waals surface area (Å²) in [7, 11) is 0. The summed E-state index contributed by atoms with van der Waals surface area (Å²) >= 11 is 1.54. The molecular weight excluding hydrogens is 244 g/mol. The lowest BCUT2D eigenvalue weighted by Crippen LogP contribution is -2.00. The van der Waals surface area contributed by atoms with Crippen LogP contribution in [0.5, 0.6) is 0 Å². The lowest BCUT2D eigenvalue weighted by Gasteiger charge is -2.05. The molecule has 4 nitrogen and oxygen atoms in total. The highest BCUT2D eigenvalue weighted by molar-refractivity contribution is 7.99. The standard InChI is InChI=1S/C13H14N4S/c1-4-5-8-18-13-14-15-16-17(13)12-7-6-10(2)11(3)9-12/h6-7,9H,8H2,1-3H3.